The van der Waals surface area contributed by atoms with E-state index in [4.69, 9.17) is 0 Å². The molecule has 0 radical (unpaired) electrons. The third-order valence-electron chi connectivity index (χ3n) is 12.9. The van der Waals surface area contributed by atoms with Gasteiger partial charge in [-0.25, -0.2) is 0 Å². The minimum atomic E-state index is 0.479. The van der Waals surface area contributed by atoms with Crippen LogP contribution in [0.1, 0.15) is 121 Å². The van der Waals surface area contributed by atoms with Crippen molar-refractivity contribution in [3.63, 3.8) is 0 Å². The van der Waals surface area contributed by atoms with Crippen molar-refractivity contribution in [2.24, 2.45) is 51.2 Å². The topological polar surface area (TPSA) is 3.24 Å². The molecule has 0 N–H and O–H groups in total. The van der Waals surface area contributed by atoms with E-state index in [2.05, 4.69) is 73.3 Å². The van der Waals surface area contributed by atoms with Crippen LogP contribution in [-0.4, -0.2) is 23.5 Å². The first-order chi connectivity index (χ1) is 15.4. The second-order valence-electron chi connectivity index (χ2n) is 14.6. The summed E-state index contributed by atoms with van der Waals surface area (Å²) >= 11 is 0. The molecular weight excluding hydrogens is 398 g/mol. The van der Waals surface area contributed by atoms with Gasteiger partial charge in [0.1, 0.15) is 0 Å². The molecule has 10 atom stereocenters. The van der Waals surface area contributed by atoms with Crippen molar-refractivity contribution in [3.8, 4) is 0 Å². The summed E-state index contributed by atoms with van der Waals surface area (Å²) in [5.74, 6) is 4.50. The molecule has 1 aliphatic heterocycles. The number of allylic oxidation sites excluding steroid dienone is 1. The Bertz CT molecular complexity index is 760. The van der Waals surface area contributed by atoms with E-state index < -0.39 is 0 Å². The fourth-order valence-electron chi connectivity index (χ4n) is 11.4. The SMILES string of the molecule is CC.CC(C)=CCCN1C2CC[C@]3(C)C2[C@H]1CC1[C@@]2(C)CC[C@H](C)C(C)(C)C2[C@@H](C)C[C@]13C. The predicted octanol–water partition coefficient (Wildman–Crippen LogP) is 8.98. The molecule has 1 saturated heterocycles. The molecule has 4 unspecified atom stereocenters. The molecule has 0 amide bonds. The fourth-order valence-corrected chi connectivity index (χ4v) is 11.4. The van der Waals surface area contributed by atoms with Crippen LogP contribution in [0.3, 0.4) is 0 Å². The summed E-state index contributed by atoms with van der Waals surface area (Å²) in [6.07, 6.45) is 12.6. The molecular formula is C32H57N. The lowest BCUT2D eigenvalue weighted by atomic mass is 9.32. The highest BCUT2D eigenvalue weighted by molar-refractivity contribution is 5.25. The van der Waals surface area contributed by atoms with E-state index in [1.165, 1.54) is 57.1 Å². The molecule has 1 heterocycles. The number of hydrogen-bond donors (Lipinski definition) is 0. The summed E-state index contributed by atoms with van der Waals surface area (Å²) in [5, 5.41) is 0. The van der Waals surface area contributed by atoms with Gasteiger partial charge < -0.3 is 0 Å². The number of fused-ring (bicyclic) bond motifs is 4. The average Bonchev–Trinajstić information content (AvgIpc) is 3.05. The van der Waals surface area contributed by atoms with Crippen LogP contribution < -0.4 is 0 Å². The smallest absolute Gasteiger partial charge is 0.0150 e. The largest absolute Gasteiger partial charge is 0.296 e. The number of rotatable bonds is 3. The molecule has 5 fully saturated rings. The highest BCUT2D eigenvalue weighted by Crippen LogP contribution is 2.78. The van der Waals surface area contributed by atoms with Crippen LogP contribution in [0.15, 0.2) is 11.6 Å². The van der Waals surface area contributed by atoms with Crippen LogP contribution >= 0.6 is 0 Å². The van der Waals surface area contributed by atoms with Crippen molar-refractivity contribution in [1.29, 1.82) is 0 Å². The average molecular weight is 456 g/mol. The van der Waals surface area contributed by atoms with E-state index in [-0.39, 0.29) is 0 Å². The second kappa shape index (κ2) is 8.38. The van der Waals surface area contributed by atoms with Crippen LogP contribution in [-0.2, 0) is 0 Å². The lowest BCUT2D eigenvalue weighted by molar-refractivity contribution is -0.267. The molecule has 0 bridgehead atoms. The van der Waals surface area contributed by atoms with Gasteiger partial charge >= 0.3 is 0 Å². The third-order valence-corrected chi connectivity index (χ3v) is 12.9. The van der Waals surface area contributed by atoms with E-state index in [0.717, 1.165) is 41.7 Å². The first-order valence-corrected chi connectivity index (χ1v) is 14.8. The van der Waals surface area contributed by atoms with Gasteiger partial charge in [0, 0.05) is 18.6 Å². The van der Waals surface area contributed by atoms with Gasteiger partial charge in [-0.05, 0) is 110 Å². The molecule has 4 aliphatic carbocycles. The fraction of sp³-hybridized carbons (Fsp3) is 0.938. The van der Waals surface area contributed by atoms with Crippen LogP contribution in [0, 0.1) is 51.2 Å². The first kappa shape index (κ1) is 25.8. The first-order valence-electron chi connectivity index (χ1n) is 14.8. The standard InChI is InChI=1S/C30H51N.C2H6/c1-19(2)11-10-16-31-22-13-15-29(8)25(22)23(31)17-24-28(7)14-12-21(4)27(5,6)26(28)20(3)18-30(24,29)9;1-2/h11,20-26H,10,12-18H2,1-9H3;1-2H3/t20-,21-,22?,23+,24?,25?,26?,28+,29+,30+;/m0./s1. The number of hydrogen-bond acceptors (Lipinski definition) is 1. The monoisotopic (exact) mass is 455 g/mol. The lowest BCUT2D eigenvalue weighted by Crippen LogP contribution is -2.74. The molecule has 1 heteroatoms. The Hall–Kier alpha value is -0.300. The van der Waals surface area contributed by atoms with Crippen molar-refractivity contribution in [1.82, 2.24) is 4.90 Å². The van der Waals surface area contributed by atoms with Gasteiger partial charge in [0.2, 0.25) is 0 Å². The van der Waals surface area contributed by atoms with Crippen LogP contribution in [0.25, 0.3) is 0 Å². The number of nitrogens with zero attached hydrogens (tertiary/aromatic N) is 1. The molecule has 5 aliphatic rings. The molecule has 190 valence electrons. The Morgan fingerprint density at radius 3 is 2.21 bits per heavy atom. The molecule has 1 nitrogen and oxygen atoms in total. The van der Waals surface area contributed by atoms with E-state index in [0.29, 0.717) is 21.7 Å². The minimum Gasteiger partial charge on any atom is -0.296 e. The summed E-state index contributed by atoms with van der Waals surface area (Å²) in [5.41, 5.74) is 3.59. The van der Waals surface area contributed by atoms with Gasteiger partial charge in [-0.1, -0.05) is 74.0 Å². The van der Waals surface area contributed by atoms with Crippen molar-refractivity contribution >= 4 is 0 Å². The highest BCUT2D eigenvalue weighted by Gasteiger charge is 2.75. The summed E-state index contributed by atoms with van der Waals surface area (Å²) < 4.78 is 0. The Kier molecular flexibility index (Phi) is 6.55. The summed E-state index contributed by atoms with van der Waals surface area (Å²) in [7, 11) is 0. The lowest BCUT2D eigenvalue weighted by Gasteiger charge is -2.75. The third kappa shape index (κ3) is 3.33. The molecule has 0 aromatic rings. The van der Waals surface area contributed by atoms with Gasteiger partial charge in [-0.15, -0.1) is 0 Å². The highest BCUT2D eigenvalue weighted by atomic mass is 15.3. The van der Waals surface area contributed by atoms with E-state index >= 15 is 0 Å². The van der Waals surface area contributed by atoms with E-state index in [1.54, 1.807) is 0 Å². The van der Waals surface area contributed by atoms with Crippen LogP contribution in [0.5, 0.6) is 0 Å². The zero-order chi connectivity index (χ0) is 24.6. The Balaban J connectivity index is 0.00000126. The zero-order valence-electron chi connectivity index (χ0n) is 24.2. The maximum atomic E-state index is 2.99. The summed E-state index contributed by atoms with van der Waals surface area (Å²) in [6, 6.07) is 1.76. The van der Waals surface area contributed by atoms with Gasteiger partial charge in [0.15, 0.2) is 0 Å². The van der Waals surface area contributed by atoms with E-state index in [1.807, 2.05) is 13.8 Å². The van der Waals surface area contributed by atoms with Crippen molar-refractivity contribution in [3.05, 3.63) is 11.6 Å². The summed E-state index contributed by atoms with van der Waals surface area (Å²) in [4.78, 5) is 2.99. The molecule has 33 heavy (non-hydrogen) atoms. The molecule has 0 aromatic heterocycles. The van der Waals surface area contributed by atoms with Crippen molar-refractivity contribution in [2.45, 2.75) is 133 Å². The Morgan fingerprint density at radius 1 is 0.909 bits per heavy atom. The van der Waals surface area contributed by atoms with Crippen LogP contribution in [0.2, 0.25) is 0 Å². The van der Waals surface area contributed by atoms with E-state index in [9.17, 15) is 0 Å². The van der Waals surface area contributed by atoms with Crippen molar-refractivity contribution in [2.75, 3.05) is 6.54 Å². The van der Waals surface area contributed by atoms with Gasteiger partial charge in [-0.3, -0.25) is 4.90 Å². The minimum absolute atomic E-state index is 0.479. The number of likely N-dealkylation sites (tertiary alicyclic amines) is 1. The molecule has 0 aromatic carbocycles. The Morgan fingerprint density at radius 2 is 1.58 bits per heavy atom. The summed E-state index contributed by atoms with van der Waals surface area (Å²) in [6.45, 7) is 28.6. The maximum absolute atomic E-state index is 2.99. The van der Waals surface area contributed by atoms with Gasteiger partial charge in [0.05, 0.1) is 0 Å². The normalized spacial score (nSPS) is 51.8. The predicted molar refractivity (Wildman–Crippen MR) is 144 cm³/mol. The Labute approximate surface area is 207 Å². The van der Waals surface area contributed by atoms with Gasteiger partial charge in [-0.2, -0.15) is 0 Å². The zero-order valence-corrected chi connectivity index (χ0v) is 24.2. The van der Waals surface area contributed by atoms with Crippen molar-refractivity contribution < 1.29 is 0 Å². The van der Waals surface area contributed by atoms with Crippen LogP contribution in [0.4, 0.5) is 0 Å². The second-order valence-corrected chi connectivity index (χ2v) is 14.6. The maximum Gasteiger partial charge on any atom is 0.0150 e. The molecule has 4 saturated carbocycles. The molecule has 5 rings (SSSR count). The van der Waals surface area contributed by atoms with Gasteiger partial charge in [0.25, 0.3) is 0 Å². The molecule has 0 spiro atoms. The quantitative estimate of drug-likeness (QED) is 0.384.